The quantitative estimate of drug-likeness (QED) is 0.752. The predicted octanol–water partition coefficient (Wildman–Crippen LogP) is 1.23. The molecule has 7 nitrogen and oxygen atoms in total. The number of carbonyl (C=O) groups excluding carboxylic acids is 2. The van der Waals surface area contributed by atoms with E-state index in [0.717, 1.165) is 39.0 Å². The number of nitrogens with zero attached hydrogens (tertiary/aromatic N) is 2. The molecule has 7 heteroatoms. The average molecular weight is 378 g/mol. The summed E-state index contributed by atoms with van der Waals surface area (Å²) in [6.07, 6.45) is 1.62. The van der Waals surface area contributed by atoms with E-state index in [4.69, 9.17) is 4.74 Å². The Labute approximate surface area is 159 Å². The first kappa shape index (κ1) is 20.0. The number of carbonyl (C=O) groups is 2. The molecule has 2 N–H and O–H groups in total. The summed E-state index contributed by atoms with van der Waals surface area (Å²) in [4.78, 5) is 27.5. The van der Waals surface area contributed by atoms with E-state index in [0.29, 0.717) is 12.2 Å². The Morgan fingerprint density at radius 1 is 1.22 bits per heavy atom. The van der Waals surface area contributed by atoms with Gasteiger partial charge in [0.1, 0.15) is 11.8 Å². The van der Waals surface area contributed by atoms with E-state index in [1.807, 2.05) is 4.90 Å². The van der Waals surface area contributed by atoms with Gasteiger partial charge in [0, 0.05) is 38.8 Å². The van der Waals surface area contributed by atoms with E-state index in [9.17, 15) is 19.8 Å². The topological polar surface area (TPSA) is 92.0 Å². The van der Waals surface area contributed by atoms with Gasteiger partial charge in [0.25, 0.3) is 5.91 Å². The third-order valence-corrected chi connectivity index (χ3v) is 6.27. The van der Waals surface area contributed by atoms with Crippen molar-refractivity contribution in [2.75, 3.05) is 32.9 Å². The van der Waals surface area contributed by atoms with Crippen LogP contribution in [-0.4, -0.2) is 70.4 Å². The average Bonchev–Trinajstić information content (AvgIpc) is 3.24. The maximum absolute atomic E-state index is 13.0. The maximum Gasteiger partial charge on any atom is 0.270 e. The Balaban J connectivity index is 1.75. The highest BCUT2D eigenvalue weighted by Gasteiger charge is 2.42. The number of ketones is 1. The zero-order chi connectivity index (χ0) is 19.8. The summed E-state index contributed by atoms with van der Waals surface area (Å²) in [5.41, 5.74) is -0.0709. The molecule has 0 aliphatic carbocycles. The summed E-state index contributed by atoms with van der Waals surface area (Å²) in [5.74, 6) is -0.575. The largest absolute Gasteiger partial charge is 0.396 e. The van der Waals surface area contributed by atoms with Crippen LogP contribution in [0.5, 0.6) is 0 Å². The molecule has 0 bridgehead atoms. The number of aliphatic hydroxyl groups excluding tert-OH is 2. The number of ether oxygens (including phenoxy) is 1. The maximum atomic E-state index is 13.0. The van der Waals surface area contributed by atoms with Crippen LogP contribution in [0.2, 0.25) is 0 Å². The van der Waals surface area contributed by atoms with Gasteiger partial charge in [-0.1, -0.05) is 13.8 Å². The lowest BCUT2D eigenvalue weighted by molar-refractivity contribution is 0.0122. The summed E-state index contributed by atoms with van der Waals surface area (Å²) in [6, 6.07) is 3.22. The Morgan fingerprint density at radius 3 is 2.48 bits per heavy atom. The van der Waals surface area contributed by atoms with Crippen LogP contribution in [0.15, 0.2) is 12.1 Å². The highest BCUT2D eigenvalue weighted by molar-refractivity contribution is 6.01. The molecule has 0 aromatic carbocycles. The number of aliphatic hydroxyl groups is 2. The van der Waals surface area contributed by atoms with Crippen LogP contribution < -0.4 is 0 Å². The first-order valence-electron chi connectivity index (χ1n) is 9.57. The molecule has 3 heterocycles. The van der Waals surface area contributed by atoms with E-state index in [1.165, 1.54) is 0 Å². The summed E-state index contributed by atoms with van der Waals surface area (Å²) in [6.45, 7) is 5.89. The van der Waals surface area contributed by atoms with Crippen LogP contribution in [0.25, 0.3) is 0 Å². The SMILES string of the molecule is Cn1c(C(=O)[C@H](O)C(C)(C)CO)ccc1C(=O)N1CCC2(CCOCC2)C1. The molecule has 2 saturated heterocycles. The van der Waals surface area contributed by atoms with Gasteiger partial charge in [-0.3, -0.25) is 9.59 Å². The van der Waals surface area contributed by atoms with Crippen molar-refractivity contribution in [2.45, 2.75) is 39.2 Å². The minimum atomic E-state index is -1.34. The first-order chi connectivity index (χ1) is 12.7. The van der Waals surface area contributed by atoms with Gasteiger partial charge in [0.15, 0.2) is 0 Å². The van der Waals surface area contributed by atoms with Crippen LogP contribution in [0.1, 0.15) is 54.1 Å². The summed E-state index contributed by atoms with van der Waals surface area (Å²) in [7, 11) is 1.67. The number of rotatable bonds is 5. The fourth-order valence-electron chi connectivity index (χ4n) is 4.04. The zero-order valence-corrected chi connectivity index (χ0v) is 16.4. The third kappa shape index (κ3) is 3.68. The minimum Gasteiger partial charge on any atom is -0.396 e. The standard InChI is InChI=1S/C20H30N2O5/c1-19(2,13-23)17(25)16(24)14-4-5-15(21(14)3)18(26)22-9-6-20(12-22)7-10-27-11-8-20/h4-5,17,23,25H,6-13H2,1-3H3/t17-/m0/s1. The van der Waals surface area contributed by atoms with E-state index >= 15 is 0 Å². The summed E-state index contributed by atoms with van der Waals surface area (Å²) >= 11 is 0. The van der Waals surface area contributed by atoms with E-state index in [1.54, 1.807) is 37.6 Å². The second-order valence-electron chi connectivity index (χ2n) is 8.67. The second kappa shape index (κ2) is 7.37. The molecule has 2 aliphatic rings. The monoisotopic (exact) mass is 378 g/mol. The molecule has 3 rings (SSSR count). The van der Waals surface area contributed by atoms with Crippen molar-refractivity contribution in [1.29, 1.82) is 0 Å². The van der Waals surface area contributed by atoms with Crippen LogP contribution in [0, 0.1) is 10.8 Å². The smallest absolute Gasteiger partial charge is 0.270 e. The summed E-state index contributed by atoms with van der Waals surface area (Å²) < 4.78 is 7.01. The fraction of sp³-hybridized carbons (Fsp3) is 0.700. The Morgan fingerprint density at radius 2 is 1.85 bits per heavy atom. The van der Waals surface area contributed by atoms with Gasteiger partial charge in [-0.15, -0.1) is 0 Å². The number of aromatic nitrogens is 1. The Kier molecular flexibility index (Phi) is 5.47. The van der Waals surface area contributed by atoms with Crippen molar-refractivity contribution in [3.05, 3.63) is 23.5 Å². The van der Waals surface area contributed by atoms with Crippen molar-refractivity contribution in [3.63, 3.8) is 0 Å². The molecule has 0 unspecified atom stereocenters. The molecule has 1 atom stereocenters. The van der Waals surface area contributed by atoms with Crippen molar-refractivity contribution in [3.8, 4) is 0 Å². The number of Topliss-reactive ketones (excluding diaryl/α,β-unsaturated/α-hetero) is 1. The molecule has 1 aromatic heterocycles. The van der Waals surface area contributed by atoms with Crippen LogP contribution in [-0.2, 0) is 11.8 Å². The molecule has 2 fully saturated rings. The van der Waals surface area contributed by atoms with Gasteiger partial charge in [-0.05, 0) is 36.8 Å². The molecule has 150 valence electrons. The fourth-order valence-corrected chi connectivity index (χ4v) is 4.04. The highest BCUT2D eigenvalue weighted by Crippen LogP contribution is 2.40. The third-order valence-electron chi connectivity index (χ3n) is 6.27. The first-order valence-corrected chi connectivity index (χ1v) is 9.57. The van der Waals surface area contributed by atoms with Gasteiger partial charge in [-0.25, -0.2) is 0 Å². The van der Waals surface area contributed by atoms with Gasteiger partial charge in [-0.2, -0.15) is 0 Å². The molecular weight excluding hydrogens is 348 g/mol. The lowest BCUT2D eigenvalue weighted by Crippen LogP contribution is -2.40. The molecule has 0 radical (unpaired) electrons. The number of hydrogen-bond donors (Lipinski definition) is 2. The van der Waals surface area contributed by atoms with E-state index in [-0.39, 0.29) is 23.6 Å². The molecule has 0 saturated carbocycles. The lowest BCUT2D eigenvalue weighted by Gasteiger charge is -2.33. The minimum absolute atomic E-state index is 0.0872. The molecule has 2 aliphatic heterocycles. The van der Waals surface area contributed by atoms with Gasteiger partial charge >= 0.3 is 0 Å². The van der Waals surface area contributed by atoms with Crippen LogP contribution in [0.4, 0.5) is 0 Å². The predicted molar refractivity (Wildman–Crippen MR) is 99.6 cm³/mol. The lowest BCUT2D eigenvalue weighted by atomic mass is 9.80. The molecule has 1 amide bonds. The van der Waals surface area contributed by atoms with Crippen LogP contribution >= 0.6 is 0 Å². The van der Waals surface area contributed by atoms with Gasteiger partial charge in [0.05, 0.1) is 12.3 Å². The second-order valence-corrected chi connectivity index (χ2v) is 8.67. The normalized spacial score (nSPS) is 20.9. The molecule has 1 spiro atoms. The van der Waals surface area contributed by atoms with Crippen molar-refractivity contribution < 1.29 is 24.5 Å². The number of likely N-dealkylation sites (tertiary alicyclic amines) is 1. The van der Waals surface area contributed by atoms with Crippen molar-refractivity contribution in [2.24, 2.45) is 17.9 Å². The Bertz CT molecular complexity index is 718. The molecular formula is C20H30N2O5. The zero-order valence-electron chi connectivity index (χ0n) is 16.4. The summed E-state index contributed by atoms with van der Waals surface area (Å²) in [5, 5.41) is 19.7. The van der Waals surface area contributed by atoms with Crippen molar-refractivity contribution in [1.82, 2.24) is 9.47 Å². The van der Waals surface area contributed by atoms with E-state index in [2.05, 4.69) is 0 Å². The van der Waals surface area contributed by atoms with Gasteiger partial charge in [0.2, 0.25) is 5.78 Å². The number of amides is 1. The van der Waals surface area contributed by atoms with Crippen molar-refractivity contribution >= 4 is 11.7 Å². The van der Waals surface area contributed by atoms with E-state index < -0.39 is 17.3 Å². The van der Waals surface area contributed by atoms with Crippen LogP contribution in [0.3, 0.4) is 0 Å². The molecule has 27 heavy (non-hydrogen) atoms. The highest BCUT2D eigenvalue weighted by atomic mass is 16.5. The number of hydrogen-bond acceptors (Lipinski definition) is 5. The Hall–Kier alpha value is -1.70. The van der Waals surface area contributed by atoms with Gasteiger partial charge < -0.3 is 24.4 Å². The molecule has 1 aromatic rings.